The number of halogens is 1. The SMILES string of the molecule is COc1ccc(C2=NO[C@@](C)(C(=O)NCCCc3ccc(F)cc3)C2)cc1. The second-order valence-electron chi connectivity index (χ2n) is 6.75. The molecule has 142 valence electrons. The van der Waals surface area contributed by atoms with Crippen LogP contribution in [0, 0.1) is 5.82 Å². The summed E-state index contributed by atoms with van der Waals surface area (Å²) < 4.78 is 18.0. The first-order valence-corrected chi connectivity index (χ1v) is 8.92. The maximum atomic E-state index is 12.9. The number of carbonyl (C=O) groups is 1. The van der Waals surface area contributed by atoms with E-state index in [-0.39, 0.29) is 11.7 Å². The van der Waals surface area contributed by atoms with Crippen LogP contribution in [0.5, 0.6) is 5.75 Å². The van der Waals surface area contributed by atoms with E-state index in [1.54, 1.807) is 26.2 Å². The molecule has 0 bridgehead atoms. The van der Waals surface area contributed by atoms with Crippen molar-refractivity contribution in [3.05, 3.63) is 65.5 Å². The van der Waals surface area contributed by atoms with Crippen molar-refractivity contribution < 1.29 is 18.8 Å². The van der Waals surface area contributed by atoms with Crippen LogP contribution in [0.15, 0.2) is 53.7 Å². The average molecular weight is 370 g/mol. The van der Waals surface area contributed by atoms with Gasteiger partial charge in [0.25, 0.3) is 5.91 Å². The van der Waals surface area contributed by atoms with Gasteiger partial charge in [-0.1, -0.05) is 17.3 Å². The van der Waals surface area contributed by atoms with Gasteiger partial charge in [-0.3, -0.25) is 4.79 Å². The second kappa shape index (κ2) is 8.20. The molecular formula is C21H23FN2O3. The van der Waals surface area contributed by atoms with Crippen molar-refractivity contribution in [2.75, 3.05) is 13.7 Å². The van der Waals surface area contributed by atoms with E-state index in [1.165, 1.54) is 12.1 Å². The highest BCUT2D eigenvalue weighted by Crippen LogP contribution is 2.27. The lowest BCUT2D eigenvalue weighted by Crippen LogP contribution is -2.45. The first-order chi connectivity index (χ1) is 13.0. The van der Waals surface area contributed by atoms with Crippen LogP contribution in [0.3, 0.4) is 0 Å². The predicted octanol–water partition coefficient (Wildman–Crippen LogP) is 3.47. The van der Waals surface area contributed by atoms with Crippen LogP contribution in [0.2, 0.25) is 0 Å². The van der Waals surface area contributed by atoms with Gasteiger partial charge in [-0.15, -0.1) is 0 Å². The van der Waals surface area contributed by atoms with E-state index in [9.17, 15) is 9.18 Å². The lowest BCUT2D eigenvalue weighted by atomic mass is 9.95. The fourth-order valence-corrected chi connectivity index (χ4v) is 2.93. The molecule has 3 rings (SSSR count). The van der Waals surface area contributed by atoms with Gasteiger partial charge in [-0.05, 0) is 67.3 Å². The minimum Gasteiger partial charge on any atom is -0.497 e. The topological polar surface area (TPSA) is 59.9 Å². The molecule has 0 fully saturated rings. The zero-order valence-electron chi connectivity index (χ0n) is 15.5. The Balaban J connectivity index is 1.47. The Labute approximate surface area is 158 Å². The molecule has 6 heteroatoms. The van der Waals surface area contributed by atoms with Crippen LogP contribution in [-0.4, -0.2) is 30.9 Å². The number of nitrogens with one attached hydrogen (secondary N) is 1. The van der Waals surface area contributed by atoms with E-state index in [2.05, 4.69) is 10.5 Å². The molecular weight excluding hydrogens is 347 g/mol. The van der Waals surface area contributed by atoms with E-state index in [1.807, 2.05) is 24.3 Å². The van der Waals surface area contributed by atoms with Gasteiger partial charge >= 0.3 is 0 Å². The summed E-state index contributed by atoms with van der Waals surface area (Å²) in [5, 5.41) is 7.00. The summed E-state index contributed by atoms with van der Waals surface area (Å²) in [5.41, 5.74) is 1.68. The molecule has 0 saturated carbocycles. The van der Waals surface area contributed by atoms with Crippen molar-refractivity contribution in [1.82, 2.24) is 5.32 Å². The van der Waals surface area contributed by atoms with Crippen LogP contribution < -0.4 is 10.1 Å². The van der Waals surface area contributed by atoms with Gasteiger partial charge in [0.1, 0.15) is 11.6 Å². The highest BCUT2D eigenvalue weighted by molar-refractivity contribution is 6.05. The van der Waals surface area contributed by atoms with E-state index in [4.69, 9.17) is 9.57 Å². The zero-order chi connectivity index (χ0) is 19.3. The minimum absolute atomic E-state index is 0.186. The molecule has 0 radical (unpaired) electrons. The quantitative estimate of drug-likeness (QED) is 0.760. The van der Waals surface area contributed by atoms with E-state index in [0.29, 0.717) is 13.0 Å². The van der Waals surface area contributed by atoms with Gasteiger partial charge in [-0.25, -0.2) is 4.39 Å². The number of hydrogen-bond donors (Lipinski definition) is 1. The Hall–Kier alpha value is -2.89. The molecule has 0 spiro atoms. The number of aryl methyl sites for hydroxylation is 1. The van der Waals surface area contributed by atoms with E-state index >= 15 is 0 Å². The molecule has 2 aromatic rings. The molecule has 0 saturated heterocycles. The Morgan fingerprint density at radius 3 is 2.59 bits per heavy atom. The molecule has 0 aromatic heterocycles. The van der Waals surface area contributed by atoms with E-state index in [0.717, 1.165) is 35.4 Å². The van der Waals surface area contributed by atoms with Crippen LogP contribution in [-0.2, 0) is 16.1 Å². The largest absolute Gasteiger partial charge is 0.497 e. The predicted molar refractivity (Wildman–Crippen MR) is 101 cm³/mol. The Morgan fingerprint density at radius 2 is 1.93 bits per heavy atom. The number of methoxy groups -OCH3 is 1. The Bertz CT molecular complexity index is 818. The first kappa shape index (κ1) is 18.9. The fraction of sp³-hybridized carbons (Fsp3) is 0.333. The summed E-state index contributed by atoms with van der Waals surface area (Å²) in [7, 11) is 1.61. The van der Waals surface area contributed by atoms with Crippen LogP contribution in [0.4, 0.5) is 4.39 Å². The normalized spacial score (nSPS) is 18.6. The van der Waals surface area contributed by atoms with Crippen molar-refractivity contribution in [2.24, 2.45) is 5.16 Å². The molecule has 1 N–H and O–H groups in total. The molecule has 1 aliphatic heterocycles. The third kappa shape index (κ3) is 4.64. The van der Waals surface area contributed by atoms with Crippen LogP contribution in [0.1, 0.15) is 30.9 Å². The lowest BCUT2D eigenvalue weighted by Gasteiger charge is -2.20. The summed E-state index contributed by atoms with van der Waals surface area (Å²) in [6.07, 6.45) is 1.94. The molecule has 1 amide bonds. The second-order valence-corrected chi connectivity index (χ2v) is 6.75. The third-order valence-electron chi connectivity index (χ3n) is 4.61. The summed E-state index contributed by atoms with van der Waals surface area (Å²) >= 11 is 0. The van der Waals surface area contributed by atoms with Crippen molar-refractivity contribution in [2.45, 2.75) is 31.8 Å². The maximum Gasteiger partial charge on any atom is 0.267 e. The van der Waals surface area contributed by atoms with E-state index < -0.39 is 5.60 Å². The third-order valence-corrected chi connectivity index (χ3v) is 4.61. The molecule has 0 unspecified atom stereocenters. The summed E-state index contributed by atoms with van der Waals surface area (Å²) in [4.78, 5) is 18.0. The molecule has 27 heavy (non-hydrogen) atoms. The van der Waals surface area contributed by atoms with Crippen molar-refractivity contribution in [1.29, 1.82) is 0 Å². The van der Waals surface area contributed by atoms with Gasteiger partial charge in [0, 0.05) is 13.0 Å². The molecule has 0 aliphatic carbocycles. The number of oxime groups is 1. The monoisotopic (exact) mass is 370 g/mol. The Kier molecular flexibility index (Phi) is 5.74. The number of amides is 1. The highest BCUT2D eigenvalue weighted by atomic mass is 19.1. The molecule has 1 aliphatic rings. The van der Waals surface area contributed by atoms with Gasteiger partial charge in [0.2, 0.25) is 5.60 Å². The standard InChI is InChI=1S/C21H23FN2O3/c1-21(14-19(24-27-21)16-7-11-18(26-2)12-8-16)20(25)23-13-3-4-15-5-9-17(22)10-6-15/h5-12H,3-4,13-14H2,1-2H3,(H,23,25)/t21-/m1/s1. The molecule has 5 nitrogen and oxygen atoms in total. The van der Waals surface area contributed by atoms with Gasteiger partial charge in [0.05, 0.1) is 12.8 Å². The molecule has 2 aromatic carbocycles. The van der Waals surface area contributed by atoms with Crippen molar-refractivity contribution >= 4 is 11.6 Å². The number of hydrogen-bond acceptors (Lipinski definition) is 4. The number of ether oxygens (including phenoxy) is 1. The smallest absolute Gasteiger partial charge is 0.267 e. The van der Waals surface area contributed by atoms with Crippen molar-refractivity contribution in [3.63, 3.8) is 0 Å². The average Bonchev–Trinajstić information content (AvgIpc) is 3.10. The number of carbonyl (C=O) groups excluding carboxylic acids is 1. The molecule has 1 heterocycles. The van der Waals surface area contributed by atoms with Crippen LogP contribution >= 0.6 is 0 Å². The fourth-order valence-electron chi connectivity index (χ4n) is 2.93. The minimum atomic E-state index is -1.01. The van der Waals surface area contributed by atoms with Gasteiger partial charge < -0.3 is 14.9 Å². The van der Waals surface area contributed by atoms with Gasteiger partial charge in [-0.2, -0.15) is 0 Å². The zero-order valence-corrected chi connectivity index (χ0v) is 15.5. The number of benzene rings is 2. The molecule has 1 atom stereocenters. The highest BCUT2D eigenvalue weighted by Gasteiger charge is 2.41. The van der Waals surface area contributed by atoms with Gasteiger partial charge in [0.15, 0.2) is 0 Å². The summed E-state index contributed by atoms with van der Waals surface area (Å²) in [6, 6.07) is 13.9. The van der Waals surface area contributed by atoms with Crippen LogP contribution in [0.25, 0.3) is 0 Å². The maximum absolute atomic E-state index is 12.9. The Morgan fingerprint density at radius 1 is 1.22 bits per heavy atom. The number of rotatable bonds is 7. The van der Waals surface area contributed by atoms with Crippen molar-refractivity contribution in [3.8, 4) is 5.75 Å². The summed E-state index contributed by atoms with van der Waals surface area (Å²) in [5.74, 6) is 0.333. The summed E-state index contributed by atoms with van der Waals surface area (Å²) in [6.45, 7) is 2.26. The lowest BCUT2D eigenvalue weighted by molar-refractivity contribution is -0.141. The first-order valence-electron chi connectivity index (χ1n) is 8.92. The number of nitrogens with zero attached hydrogens (tertiary/aromatic N) is 1.